The number of thiazole rings is 1. The van der Waals surface area contributed by atoms with Gasteiger partial charge in [-0.3, -0.25) is 0 Å². The van der Waals surface area contributed by atoms with Gasteiger partial charge < -0.3 is 10.1 Å². The van der Waals surface area contributed by atoms with Crippen LogP contribution in [0, 0.1) is 6.92 Å². The van der Waals surface area contributed by atoms with Gasteiger partial charge in [0.15, 0.2) is 0 Å². The van der Waals surface area contributed by atoms with Crippen molar-refractivity contribution in [3.05, 3.63) is 34.2 Å². The van der Waals surface area contributed by atoms with Crippen molar-refractivity contribution in [1.29, 1.82) is 0 Å². The lowest BCUT2D eigenvalue weighted by Crippen LogP contribution is -2.25. The van der Waals surface area contributed by atoms with Crippen molar-refractivity contribution in [2.24, 2.45) is 0 Å². The monoisotopic (exact) mass is 292 g/mol. The van der Waals surface area contributed by atoms with Gasteiger partial charge in [-0.2, -0.15) is 0 Å². The third kappa shape index (κ3) is 3.98. The molecule has 0 fully saturated rings. The summed E-state index contributed by atoms with van der Waals surface area (Å²) < 4.78 is 5.17. The Morgan fingerprint density at radius 3 is 2.90 bits per heavy atom. The third-order valence-electron chi connectivity index (χ3n) is 2.95. The van der Waals surface area contributed by atoms with Gasteiger partial charge in [-0.15, -0.1) is 11.3 Å². The van der Waals surface area contributed by atoms with E-state index in [1.54, 1.807) is 24.8 Å². The summed E-state index contributed by atoms with van der Waals surface area (Å²) in [5.74, 6) is 0.591. The summed E-state index contributed by atoms with van der Waals surface area (Å²) in [6.45, 7) is 5.12. The fourth-order valence-corrected chi connectivity index (χ4v) is 2.59. The summed E-state index contributed by atoms with van der Waals surface area (Å²) in [5.41, 5.74) is 2.04. The molecule has 2 rings (SSSR count). The number of aromatic nitrogens is 3. The van der Waals surface area contributed by atoms with E-state index in [-0.39, 0.29) is 6.04 Å². The van der Waals surface area contributed by atoms with Crippen LogP contribution in [0.2, 0.25) is 0 Å². The lowest BCUT2D eigenvalue weighted by atomic mass is 10.1. The van der Waals surface area contributed by atoms with Crippen molar-refractivity contribution in [3.8, 4) is 5.88 Å². The Hall–Kier alpha value is -1.53. The first-order chi connectivity index (χ1) is 9.72. The molecule has 0 spiro atoms. The Morgan fingerprint density at radius 2 is 2.25 bits per heavy atom. The molecule has 108 valence electrons. The zero-order valence-corrected chi connectivity index (χ0v) is 12.9. The summed E-state index contributed by atoms with van der Waals surface area (Å²) in [6, 6.07) is 2.01. The van der Waals surface area contributed by atoms with Crippen molar-refractivity contribution in [3.63, 3.8) is 0 Å². The average molecular weight is 292 g/mol. The highest BCUT2D eigenvalue weighted by molar-refractivity contribution is 7.09. The molecular weight excluding hydrogens is 272 g/mol. The maximum Gasteiger partial charge on any atom is 0.216 e. The summed E-state index contributed by atoms with van der Waals surface area (Å²) in [6.07, 6.45) is 3.44. The van der Waals surface area contributed by atoms with Crippen molar-refractivity contribution in [2.45, 2.75) is 32.7 Å². The molecule has 0 bridgehead atoms. The second kappa shape index (κ2) is 7.31. The fourth-order valence-electron chi connectivity index (χ4n) is 1.97. The lowest BCUT2D eigenvalue weighted by molar-refractivity contribution is 0.393. The fraction of sp³-hybridized carbons (Fsp3) is 0.500. The van der Waals surface area contributed by atoms with E-state index in [9.17, 15) is 0 Å². The number of ether oxygens (including phenoxy) is 1. The van der Waals surface area contributed by atoms with Crippen LogP contribution in [0.4, 0.5) is 0 Å². The van der Waals surface area contributed by atoms with Crippen LogP contribution in [0.5, 0.6) is 5.88 Å². The van der Waals surface area contributed by atoms with Crippen molar-refractivity contribution in [1.82, 2.24) is 20.3 Å². The third-order valence-corrected chi connectivity index (χ3v) is 3.77. The van der Waals surface area contributed by atoms with Crippen LogP contribution in [0.15, 0.2) is 17.8 Å². The van der Waals surface area contributed by atoms with Gasteiger partial charge in [-0.1, -0.05) is 6.92 Å². The van der Waals surface area contributed by atoms with E-state index in [1.807, 2.05) is 13.0 Å². The first-order valence-electron chi connectivity index (χ1n) is 6.73. The smallest absolute Gasteiger partial charge is 0.216 e. The normalized spacial score (nSPS) is 12.3. The highest BCUT2D eigenvalue weighted by Crippen LogP contribution is 2.20. The van der Waals surface area contributed by atoms with E-state index in [1.165, 1.54) is 0 Å². The Bertz CT molecular complexity index is 543. The van der Waals surface area contributed by atoms with E-state index in [0.717, 1.165) is 35.8 Å². The number of aryl methyl sites for hydroxylation is 1. The van der Waals surface area contributed by atoms with E-state index >= 15 is 0 Å². The molecule has 1 unspecified atom stereocenters. The van der Waals surface area contributed by atoms with Crippen LogP contribution < -0.4 is 10.1 Å². The lowest BCUT2D eigenvalue weighted by Gasteiger charge is -2.17. The Kier molecular flexibility index (Phi) is 5.43. The molecule has 0 aliphatic rings. The number of nitrogens with one attached hydrogen (secondary N) is 1. The molecule has 1 N–H and O–H groups in total. The standard InChI is InChI=1S/C14H20N4OS/c1-4-5-15-12(6-11-8-20-10(2)18-11)13-7-14(19-3)17-9-16-13/h7-9,12,15H,4-6H2,1-3H3. The molecule has 0 amide bonds. The highest BCUT2D eigenvalue weighted by Gasteiger charge is 2.15. The van der Waals surface area contributed by atoms with Gasteiger partial charge in [0.1, 0.15) is 6.33 Å². The van der Waals surface area contributed by atoms with Crippen molar-refractivity contribution < 1.29 is 4.74 Å². The molecule has 0 saturated heterocycles. The van der Waals surface area contributed by atoms with Gasteiger partial charge in [0.05, 0.1) is 29.5 Å². The second-order valence-electron chi connectivity index (χ2n) is 4.55. The van der Waals surface area contributed by atoms with E-state index in [0.29, 0.717) is 5.88 Å². The molecule has 0 aromatic carbocycles. The molecule has 1 atom stereocenters. The zero-order valence-electron chi connectivity index (χ0n) is 12.1. The molecule has 2 heterocycles. The predicted octanol–water partition coefficient (Wildman–Crippen LogP) is 2.53. The average Bonchev–Trinajstić information content (AvgIpc) is 2.88. The van der Waals surface area contributed by atoms with Gasteiger partial charge in [0.2, 0.25) is 5.88 Å². The van der Waals surface area contributed by atoms with Crippen LogP contribution in [0.1, 0.15) is 35.8 Å². The molecule has 0 saturated carbocycles. The van der Waals surface area contributed by atoms with Crippen molar-refractivity contribution in [2.75, 3.05) is 13.7 Å². The van der Waals surface area contributed by atoms with Gasteiger partial charge in [-0.05, 0) is 19.9 Å². The quantitative estimate of drug-likeness (QED) is 0.849. The molecule has 2 aromatic heterocycles. The van der Waals surface area contributed by atoms with Crippen LogP contribution in [-0.4, -0.2) is 28.6 Å². The summed E-state index contributed by atoms with van der Waals surface area (Å²) >= 11 is 1.68. The summed E-state index contributed by atoms with van der Waals surface area (Å²) in [5, 5.41) is 6.71. The van der Waals surface area contributed by atoms with E-state index in [2.05, 4.69) is 32.6 Å². The number of hydrogen-bond donors (Lipinski definition) is 1. The Labute approximate surface area is 123 Å². The SMILES string of the molecule is CCCNC(Cc1csc(C)n1)c1cc(OC)ncn1. The second-order valence-corrected chi connectivity index (χ2v) is 5.62. The van der Waals surface area contributed by atoms with Crippen LogP contribution >= 0.6 is 11.3 Å². The maximum atomic E-state index is 5.17. The van der Waals surface area contributed by atoms with Crippen LogP contribution in [-0.2, 0) is 6.42 Å². The van der Waals surface area contributed by atoms with E-state index in [4.69, 9.17) is 4.74 Å². The van der Waals surface area contributed by atoms with E-state index < -0.39 is 0 Å². The first kappa shape index (κ1) is 14.9. The minimum absolute atomic E-state index is 0.133. The number of rotatable bonds is 7. The predicted molar refractivity (Wildman–Crippen MR) is 80.2 cm³/mol. The van der Waals surface area contributed by atoms with Gasteiger partial charge in [-0.25, -0.2) is 15.0 Å². The molecule has 0 aliphatic carbocycles. The maximum absolute atomic E-state index is 5.17. The van der Waals surface area contributed by atoms with Crippen LogP contribution in [0.25, 0.3) is 0 Å². The van der Waals surface area contributed by atoms with Gasteiger partial charge in [0.25, 0.3) is 0 Å². The minimum atomic E-state index is 0.133. The topological polar surface area (TPSA) is 59.9 Å². The highest BCUT2D eigenvalue weighted by atomic mass is 32.1. The molecule has 5 nitrogen and oxygen atoms in total. The van der Waals surface area contributed by atoms with Crippen LogP contribution in [0.3, 0.4) is 0 Å². The number of hydrogen-bond acceptors (Lipinski definition) is 6. The molecular formula is C14H20N4OS. The Morgan fingerprint density at radius 1 is 1.40 bits per heavy atom. The number of nitrogens with zero attached hydrogens (tertiary/aromatic N) is 3. The first-order valence-corrected chi connectivity index (χ1v) is 7.61. The van der Waals surface area contributed by atoms with Crippen molar-refractivity contribution >= 4 is 11.3 Å². The minimum Gasteiger partial charge on any atom is -0.481 e. The Balaban J connectivity index is 2.17. The molecule has 0 aliphatic heterocycles. The molecule has 6 heteroatoms. The summed E-state index contributed by atoms with van der Waals surface area (Å²) in [7, 11) is 1.62. The largest absolute Gasteiger partial charge is 0.481 e. The summed E-state index contributed by atoms with van der Waals surface area (Å²) in [4.78, 5) is 13.0. The number of methoxy groups -OCH3 is 1. The zero-order chi connectivity index (χ0) is 14.4. The molecule has 0 radical (unpaired) electrons. The molecule has 2 aromatic rings. The molecule has 20 heavy (non-hydrogen) atoms. The van der Waals surface area contributed by atoms with Gasteiger partial charge in [0, 0.05) is 17.9 Å². The van der Waals surface area contributed by atoms with Gasteiger partial charge >= 0.3 is 0 Å².